The molecule has 0 radical (unpaired) electrons. The largest absolute Gasteiger partial charge is 0.467 e. The van der Waals surface area contributed by atoms with Gasteiger partial charge in [0.05, 0.1) is 29.9 Å². The van der Waals surface area contributed by atoms with Crippen molar-refractivity contribution in [2.45, 2.75) is 72.8 Å². The number of rotatable bonds is 29. The van der Waals surface area contributed by atoms with Gasteiger partial charge in [0.1, 0.15) is 40.3 Å². The highest BCUT2D eigenvalue weighted by Gasteiger charge is 2.21. The molecule has 42 nitrogen and oxygen atoms in total. The molecule has 0 bridgehead atoms. The van der Waals surface area contributed by atoms with Crippen LogP contribution in [0.25, 0.3) is 0 Å². The highest BCUT2D eigenvalue weighted by Crippen LogP contribution is 2.22. The summed E-state index contributed by atoms with van der Waals surface area (Å²) in [5.41, 5.74) is 12.6. The van der Waals surface area contributed by atoms with E-state index >= 15 is 0 Å². The zero-order valence-electron chi connectivity index (χ0n) is 52.4. The highest BCUT2D eigenvalue weighted by atomic mass is 32.2. The van der Waals surface area contributed by atoms with Crippen molar-refractivity contribution in [1.82, 2.24) is 82.1 Å². The van der Waals surface area contributed by atoms with E-state index in [-0.39, 0.29) is 109 Å². The molecule has 0 aliphatic carbocycles. The number of halogens is 3. The fraction of sp³-hybridized carbons (Fsp3) is 0.320. The van der Waals surface area contributed by atoms with Crippen molar-refractivity contribution >= 4 is 87.1 Å². The normalized spacial score (nSPS) is 12.4. The van der Waals surface area contributed by atoms with Crippen LogP contribution in [0.5, 0.6) is 0 Å². The fourth-order valence-corrected chi connectivity index (χ4v) is 9.34. The van der Waals surface area contributed by atoms with Crippen LogP contribution < -0.4 is 66.7 Å². The molecule has 0 saturated heterocycles. The Bertz CT molecular complexity index is 4190. The van der Waals surface area contributed by atoms with E-state index in [9.17, 15) is 67.7 Å². The Morgan fingerprint density at radius 1 is 0.444 bits per heavy atom. The second-order valence-electron chi connectivity index (χ2n) is 20.0. The lowest BCUT2D eigenvalue weighted by molar-refractivity contribution is 0.233. The lowest BCUT2D eigenvalue weighted by Crippen LogP contribution is -2.34. The van der Waals surface area contributed by atoms with E-state index in [4.69, 9.17) is 25.0 Å². The van der Waals surface area contributed by atoms with Crippen LogP contribution in [0.15, 0.2) is 110 Å². The first-order valence-electron chi connectivity index (χ1n) is 28.1. The molecule has 0 saturated carbocycles. The molecule has 0 unspecified atom stereocenters. The van der Waals surface area contributed by atoms with Gasteiger partial charge in [-0.3, -0.25) is 47.7 Å². The van der Waals surface area contributed by atoms with Crippen LogP contribution in [-0.2, 0) is 66.6 Å². The highest BCUT2D eigenvalue weighted by molar-refractivity contribution is 7.87. The number of aliphatic imine (C=N–C) groups is 4. The van der Waals surface area contributed by atoms with Crippen molar-refractivity contribution in [2.24, 2.45) is 40.5 Å². The van der Waals surface area contributed by atoms with Crippen LogP contribution in [0, 0.1) is 45.1 Å². The lowest BCUT2D eigenvalue weighted by atomic mass is 10.2. The van der Waals surface area contributed by atoms with Crippen LogP contribution in [0.4, 0.5) is 36.1 Å². The second kappa shape index (κ2) is 38.4. The maximum atomic E-state index is 13.3. The van der Waals surface area contributed by atoms with Crippen molar-refractivity contribution in [3.63, 3.8) is 0 Å². The van der Waals surface area contributed by atoms with E-state index in [2.05, 4.69) is 104 Å². The molecule has 8 rings (SSSR count). The summed E-state index contributed by atoms with van der Waals surface area (Å²) in [4.78, 5) is 16.6. The second-order valence-corrected chi connectivity index (χ2v) is 25.5. The molecular weight excluding hydrogens is 1410 g/mol. The molecule has 8 aromatic rings. The molecule has 0 atom stereocenters. The Balaban J connectivity index is 0.000000238. The number of benzene rings is 3. The van der Waals surface area contributed by atoms with E-state index in [1.54, 1.807) is 33.1 Å². The third-order valence-electron chi connectivity index (χ3n) is 12.2. The molecule has 5 heterocycles. The zero-order chi connectivity index (χ0) is 72.9. The number of hydroxylamine groups is 4. The molecule has 49 heteroatoms. The van der Waals surface area contributed by atoms with Crippen molar-refractivity contribution in [1.29, 1.82) is 0 Å². The standard InChI is InChI=1S/3C13H17FN6O4S.C11H17N7O5S/c3*1-8-7-9(4-5-10(8)14)17-13(18-21)12-11(19-24-20-12)3-2-6-16-25(15,22)23;1-7-4-8(22-6-7)5-14-10(16-19)9-11(18-23-17-9)13-2-3-15-24(12,20)21/h3*4-5,7,16,21H,2-3,6H2,1H3,(H,17,18)(H2,15,22,23);4,6,15,19H,2-3,5H2,1H3,(H,13,18)(H,14,16)(H2,12,20,21). The van der Waals surface area contributed by atoms with Gasteiger partial charge >= 0.3 is 0 Å². The number of hydrogen-bond donors (Lipinski definition) is 17. The average Bonchev–Trinajstić information content (AvgIpc) is 1.81. The molecule has 3 aromatic carbocycles. The molecule has 5 aromatic heterocycles. The van der Waals surface area contributed by atoms with Gasteiger partial charge in [-0.05, 0) is 175 Å². The number of aryl methyl sites for hydroxylation is 7. The SMILES string of the molecule is Cc1cc(N=C(NO)c2nonc2CCCNS(N)(=O)=O)ccc1F.Cc1cc(N=C(NO)c2nonc2CCCNS(N)(=O)=O)ccc1F.Cc1cc(N=C(NO)c2nonc2CCCNS(N)(=O)=O)ccc1F.Cc1coc(CN=C(NO)c2nonc2NCCNS(N)(=O)=O)c1. The summed E-state index contributed by atoms with van der Waals surface area (Å²) in [6, 6.07) is 14.4. The maximum absolute atomic E-state index is 13.3. The topological polar surface area (TPSA) is 648 Å². The minimum atomic E-state index is -3.77. The van der Waals surface area contributed by atoms with Gasteiger partial charge < -0.3 is 9.73 Å². The average molecular weight is 1480 g/mol. The summed E-state index contributed by atoms with van der Waals surface area (Å²) in [5, 5.41) is 88.6. The minimum absolute atomic E-state index is 0.00667. The third kappa shape index (κ3) is 28.7. The van der Waals surface area contributed by atoms with Crippen molar-refractivity contribution in [2.75, 3.05) is 38.0 Å². The quantitative estimate of drug-likeness (QED) is 0.0127. The molecule has 540 valence electrons. The summed E-state index contributed by atoms with van der Waals surface area (Å²) in [5.74, 6) is -0.460. The number of nitrogens with two attached hydrogens (primary N) is 4. The number of hydrogen-bond acceptors (Lipinski definition) is 30. The van der Waals surface area contributed by atoms with Gasteiger partial charge in [-0.1, -0.05) is 15.5 Å². The summed E-state index contributed by atoms with van der Waals surface area (Å²) < 4.78 is 159. The predicted octanol–water partition coefficient (Wildman–Crippen LogP) is 0.00138. The maximum Gasteiger partial charge on any atom is 0.274 e. The molecule has 0 aliphatic heterocycles. The van der Waals surface area contributed by atoms with Crippen LogP contribution in [-0.4, -0.2) is 152 Å². The number of nitrogens with one attached hydrogen (secondary N) is 9. The molecule has 0 aliphatic rings. The summed E-state index contributed by atoms with van der Waals surface area (Å²) >= 11 is 0. The first kappa shape index (κ1) is 80.0. The Morgan fingerprint density at radius 3 is 1.09 bits per heavy atom. The molecule has 0 fully saturated rings. The Hall–Kier alpha value is -9.71. The number of aromatic nitrogens is 8. The van der Waals surface area contributed by atoms with Crippen LogP contribution in [0.3, 0.4) is 0 Å². The number of anilines is 1. The van der Waals surface area contributed by atoms with Crippen molar-refractivity contribution in [3.05, 3.63) is 152 Å². The van der Waals surface area contributed by atoms with E-state index in [1.807, 2.05) is 28.8 Å². The van der Waals surface area contributed by atoms with Gasteiger partial charge in [0.25, 0.3) is 40.8 Å². The number of amidine groups is 4. The van der Waals surface area contributed by atoms with Crippen LogP contribution in [0.2, 0.25) is 0 Å². The van der Waals surface area contributed by atoms with Gasteiger partial charge in [-0.25, -0.2) is 86.1 Å². The minimum Gasteiger partial charge on any atom is -0.467 e. The Labute approximate surface area is 560 Å². The van der Waals surface area contributed by atoms with E-state index < -0.39 is 40.8 Å². The van der Waals surface area contributed by atoms with E-state index in [1.165, 1.54) is 54.6 Å². The third-order valence-corrected chi connectivity index (χ3v) is 14.6. The molecule has 0 spiro atoms. The fourth-order valence-electron chi connectivity index (χ4n) is 7.66. The summed E-state index contributed by atoms with van der Waals surface area (Å²) in [6.07, 6.45) is 3.57. The van der Waals surface area contributed by atoms with E-state index in [0.717, 1.165) is 5.56 Å². The zero-order valence-corrected chi connectivity index (χ0v) is 55.6. The smallest absolute Gasteiger partial charge is 0.274 e. The molecule has 21 N–H and O–H groups in total. The van der Waals surface area contributed by atoms with Gasteiger partial charge in [0.15, 0.2) is 46.1 Å². The van der Waals surface area contributed by atoms with Gasteiger partial charge in [-0.15, -0.1) is 0 Å². The van der Waals surface area contributed by atoms with Crippen molar-refractivity contribution in [3.8, 4) is 0 Å². The van der Waals surface area contributed by atoms with Crippen molar-refractivity contribution < 1.29 is 90.6 Å². The molecule has 0 amide bonds. The molecule has 99 heavy (non-hydrogen) atoms. The lowest BCUT2D eigenvalue weighted by Gasteiger charge is -2.05. The summed E-state index contributed by atoms with van der Waals surface area (Å²) in [7, 11) is -15.1. The number of furan rings is 1. The first-order valence-corrected chi connectivity index (χ1v) is 34.3. The first-order chi connectivity index (χ1) is 46.8. The van der Waals surface area contributed by atoms with Crippen LogP contribution >= 0.6 is 0 Å². The monoisotopic (exact) mass is 1480 g/mol. The summed E-state index contributed by atoms with van der Waals surface area (Å²) in [6.45, 7) is 7.27. The van der Waals surface area contributed by atoms with Gasteiger partial charge in [0, 0.05) is 32.7 Å². The van der Waals surface area contributed by atoms with Gasteiger partial charge in [-0.2, -0.15) is 33.7 Å². The number of nitrogens with zero attached hydrogens (tertiary/aromatic N) is 12. The predicted molar refractivity (Wildman–Crippen MR) is 340 cm³/mol. The molecular formula is C50H68F3N25O17S4. The van der Waals surface area contributed by atoms with E-state index in [0.29, 0.717) is 95.1 Å². The Kier molecular flexibility index (Phi) is 31.1. The van der Waals surface area contributed by atoms with Gasteiger partial charge in [0.2, 0.25) is 5.82 Å². The Morgan fingerprint density at radius 2 is 0.778 bits per heavy atom. The van der Waals surface area contributed by atoms with Crippen LogP contribution in [0.1, 0.15) is 87.1 Å².